The molecule has 5 heteroatoms. The molecule has 0 unspecified atom stereocenters. The predicted octanol–water partition coefficient (Wildman–Crippen LogP) is 4.90. The number of aromatic nitrogens is 1. The van der Waals surface area contributed by atoms with E-state index in [9.17, 15) is 9.18 Å². The molecule has 3 heterocycles. The van der Waals surface area contributed by atoms with Crippen LogP contribution in [0.5, 0.6) is 0 Å². The zero-order valence-corrected chi connectivity index (χ0v) is 18.3. The molecule has 1 amide bonds. The average Bonchev–Trinajstić information content (AvgIpc) is 2.85. The lowest BCUT2D eigenvalue weighted by Gasteiger charge is -2.42. The lowest BCUT2D eigenvalue weighted by molar-refractivity contribution is -0.143. The van der Waals surface area contributed by atoms with Crippen molar-refractivity contribution in [2.45, 2.75) is 37.5 Å². The van der Waals surface area contributed by atoms with Crippen molar-refractivity contribution in [1.82, 2.24) is 9.88 Å². The smallest absolute Gasteiger partial charge is 0.233 e. The Kier molecular flexibility index (Phi) is 5.92. The first kappa shape index (κ1) is 21.1. The number of carbonyl (C=O) groups excluding carboxylic acids is 1. The van der Waals surface area contributed by atoms with Gasteiger partial charge >= 0.3 is 0 Å². The highest BCUT2D eigenvalue weighted by molar-refractivity contribution is 5.88. The summed E-state index contributed by atoms with van der Waals surface area (Å²) in [5.41, 5.74) is 2.07. The molecule has 4 nitrogen and oxygen atoms in total. The van der Waals surface area contributed by atoms with Crippen molar-refractivity contribution in [2.75, 3.05) is 26.3 Å². The number of pyridine rings is 1. The molecule has 2 aliphatic heterocycles. The number of nitrogens with zero attached hydrogens (tertiary/aromatic N) is 2. The van der Waals surface area contributed by atoms with E-state index >= 15 is 0 Å². The highest BCUT2D eigenvalue weighted by Gasteiger charge is 2.46. The lowest BCUT2D eigenvalue weighted by atomic mass is 9.72. The topological polar surface area (TPSA) is 42.4 Å². The Balaban J connectivity index is 1.31. The van der Waals surface area contributed by atoms with Crippen molar-refractivity contribution >= 4 is 16.8 Å². The Labute approximate surface area is 188 Å². The van der Waals surface area contributed by atoms with Gasteiger partial charge in [-0.15, -0.1) is 0 Å². The van der Waals surface area contributed by atoms with Crippen molar-refractivity contribution in [2.24, 2.45) is 5.92 Å². The van der Waals surface area contributed by atoms with E-state index in [1.165, 1.54) is 17.0 Å². The number of para-hydroxylation sites is 1. The van der Waals surface area contributed by atoms with Gasteiger partial charge in [0, 0.05) is 43.4 Å². The van der Waals surface area contributed by atoms with Crippen LogP contribution in [0.25, 0.3) is 10.9 Å². The Morgan fingerprint density at radius 1 is 1.03 bits per heavy atom. The Bertz CT molecular complexity index is 1100. The van der Waals surface area contributed by atoms with E-state index in [0.29, 0.717) is 37.5 Å². The van der Waals surface area contributed by atoms with Crippen LogP contribution >= 0.6 is 0 Å². The number of hydrogen-bond donors (Lipinski definition) is 0. The van der Waals surface area contributed by atoms with Crippen molar-refractivity contribution in [3.63, 3.8) is 0 Å². The molecule has 32 heavy (non-hydrogen) atoms. The first-order valence-electron chi connectivity index (χ1n) is 11.6. The first-order chi connectivity index (χ1) is 15.7. The van der Waals surface area contributed by atoms with Gasteiger partial charge in [-0.05, 0) is 55.7 Å². The first-order valence-corrected chi connectivity index (χ1v) is 11.6. The van der Waals surface area contributed by atoms with Crippen molar-refractivity contribution in [3.05, 3.63) is 77.7 Å². The van der Waals surface area contributed by atoms with E-state index in [4.69, 9.17) is 4.74 Å². The second kappa shape index (κ2) is 8.99. The van der Waals surface area contributed by atoms with E-state index in [0.717, 1.165) is 37.9 Å². The number of likely N-dealkylation sites (tertiary alicyclic amines) is 1. The Morgan fingerprint density at radius 3 is 2.56 bits per heavy atom. The van der Waals surface area contributed by atoms with Gasteiger partial charge in [0.25, 0.3) is 0 Å². The minimum Gasteiger partial charge on any atom is -0.381 e. The van der Waals surface area contributed by atoms with Gasteiger partial charge < -0.3 is 9.64 Å². The number of carbonyl (C=O) groups is 1. The fourth-order valence-corrected chi connectivity index (χ4v) is 5.45. The largest absolute Gasteiger partial charge is 0.381 e. The van der Waals surface area contributed by atoms with E-state index < -0.39 is 5.41 Å². The van der Waals surface area contributed by atoms with Crippen LogP contribution in [0.15, 0.2) is 60.8 Å². The number of piperidine rings is 1. The van der Waals surface area contributed by atoms with Crippen LogP contribution in [-0.2, 0) is 21.4 Å². The summed E-state index contributed by atoms with van der Waals surface area (Å²) >= 11 is 0. The zero-order valence-electron chi connectivity index (χ0n) is 18.3. The van der Waals surface area contributed by atoms with Gasteiger partial charge in [-0.3, -0.25) is 9.78 Å². The van der Waals surface area contributed by atoms with Gasteiger partial charge in [0.15, 0.2) is 0 Å². The molecule has 1 aromatic heterocycles. The summed E-state index contributed by atoms with van der Waals surface area (Å²) in [5.74, 6) is 0.294. The molecule has 2 saturated heterocycles. The summed E-state index contributed by atoms with van der Waals surface area (Å²) in [6.07, 6.45) is 5.81. The van der Waals surface area contributed by atoms with Crippen molar-refractivity contribution in [3.8, 4) is 0 Å². The van der Waals surface area contributed by atoms with Gasteiger partial charge in [0.2, 0.25) is 5.91 Å². The lowest BCUT2D eigenvalue weighted by Crippen LogP contribution is -2.52. The summed E-state index contributed by atoms with van der Waals surface area (Å²) in [4.78, 5) is 20.3. The number of rotatable bonds is 4. The molecule has 2 fully saturated rings. The number of amides is 1. The molecule has 0 saturated carbocycles. The maximum absolute atomic E-state index is 14.8. The molecule has 5 rings (SSSR count). The third-order valence-corrected chi connectivity index (χ3v) is 7.27. The summed E-state index contributed by atoms with van der Waals surface area (Å²) < 4.78 is 20.3. The van der Waals surface area contributed by atoms with Crippen LogP contribution in [0.4, 0.5) is 4.39 Å². The van der Waals surface area contributed by atoms with E-state index in [-0.39, 0.29) is 11.7 Å². The molecule has 0 bridgehead atoms. The third kappa shape index (κ3) is 3.90. The molecule has 0 N–H and O–H groups in total. The van der Waals surface area contributed by atoms with E-state index in [1.54, 1.807) is 12.1 Å². The van der Waals surface area contributed by atoms with Gasteiger partial charge in [-0.1, -0.05) is 42.5 Å². The third-order valence-electron chi connectivity index (χ3n) is 7.27. The normalized spacial score (nSPS) is 19.2. The van der Waals surface area contributed by atoms with Gasteiger partial charge in [-0.25, -0.2) is 4.39 Å². The maximum atomic E-state index is 14.8. The maximum Gasteiger partial charge on any atom is 0.233 e. The summed E-state index contributed by atoms with van der Waals surface area (Å²) in [6.45, 7) is 2.42. The molecule has 0 atom stereocenters. The summed E-state index contributed by atoms with van der Waals surface area (Å²) in [6, 6.07) is 17.2. The minimum atomic E-state index is -0.810. The Hall–Kier alpha value is -2.79. The molecule has 2 aromatic carbocycles. The minimum absolute atomic E-state index is 0.0659. The zero-order chi connectivity index (χ0) is 22.0. The highest BCUT2D eigenvalue weighted by atomic mass is 19.1. The van der Waals surface area contributed by atoms with Crippen LogP contribution in [0, 0.1) is 11.7 Å². The van der Waals surface area contributed by atoms with Crippen LogP contribution in [0.2, 0.25) is 0 Å². The molecule has 3 aromatic rings. The predicted molar refractivity (Wildman–Crippen MR) is 123 cm³/mol. The number of fused-ring (bicyclic) bond motifs is 1. The molecule has 0 spiro atoms. The molecule has 0 radical (unpaired) electrons. The van der Waals surface area contributed by atoms with E-state index in [2.05, 4.69) is 29.2 Å². The van der Waals surface area contributed by atoms with Crippen molar-refractivity contribution < 1.29 is 13.9 Å². The molecular weight excluding hydrogens is 403 g/mol. The molecule has 2 aliphatic rings. The van der Waals surface area contributed by atoms with Gasteiger partial charge in [0.05, 0.1) is 10.9 Å². The number of hydrogen-bond acceptors (Lipinski definition) is 3. The second-order valence-corrected chi connectivity index (χ2v) is 9.11. The van der Waals surface area contributed by atoms with Crippen molar-refractivity contribution in [1.29, 1.82) is 0 Å². The number of halogens is 1. The number of ether oxygens (including phenoxy) is 1. The summed E-state index contributed by atoms with van der Waals surface area (Å²) in [7, 11) is 0. The van der Waals surface area contributed by atoms with Crippen LogP contribution in [-0.4, -0.2) is 42.1 Å². The highest BCUT2D eigenvalue weighted by Crippen LogP contribution is 2.39. The standard InChI is InChI=1S/C27H29FN2O2/c28-24-9-2-1-8-23(24)27(12-17-32-18-13-27)26(31)30-15-10-20(11-16-30)19-22-6-3-5-21-7-4-14-29-25(21)22/h1-9,14,20H,10-13,15-19H2. The summed E-state index contributed by atoms with van der Waals surface area (Å²) in [5, 5.41) is 1.17. The van der Waals surface area contributed by atoms with Gasteiger partial charge in [-0.2, -0.15) is 0 Å². The Morgan fingerprint density at radius 2 is 1.78 bits per heavy atom. The van der Waals surface area contributed by atoms with Gasteiger partial charge in [0.1, 0.15) is 5.82 Å². The van der Waals surface area contributed by atoms with Crippen LogP contribution < -0.4 is 0 Å². The monoisotopic (exact) mass is 432 g/mol. The fraction of sp³-hybridized carbons (Fsp3) is 0.407. The second-order valence-electron chi connectivity index (χ2n) is 9.11. The molecular formula is C27H29FN2O2. The van der Waals surface area contributed by atoms with Crippen LogP contribution in [0.3, 0.4) is 0 Å². The average molecular weight is 433 g/mol. The molecule has 0 aliphatic carbocycles. The quantitative estimate of drug-likeness (QED) is 0.589. The van der Waals surface area contributed by atoms with Crippen LogP contribution in [0.1, 0.15) is 36.8 Å². The number of benzene rings is 2. The fourth-order valence-electron chi connectivity index (χ4n) is 5.45. The van der Waals surface area contributed by atoms with E-state index in [1.807, 2.05) is 23.2 Å². The SMILES string of the molecule is O=C(N1CCC(Cc2cccc3cccnc23)CC1)C1(c2ccccc2F)CCOCC1. The molecule has 166 valence electrons.